The number of rotatable bonds is 3. The number of methoxy groups -OCH3 is 1. The quantitative estimate of drug-likeness (QED) is 0.877. The first kappa shape index (κ1) is 18.2. The molecule has 2 heterocycles. The van der Waals surface area contributed by atoms with Gasteiger partial charge in [-0.2, -0.15) is 0 Å². The number of amides is 3. The number of hydrogen-bond donors (Lipinski definition) is 1. The van der Waals surface area contributed by atoms with E-state index in [2.05, 4.69) is 5.32 Å². The molecule has 1 saturated heterocycles. The van der Waals surface area contributed by atoms with Crippen LogP contribution < -0.4 is 15.0 Å². The summed E-state index contributed by atoms with van der Waals surface area (Å²) in [6.07, 6.45) is 1.11. The first-order valence-corrected chi connectivity index (χ1v) is 9.39. The van der Waals surface area contributed by atoms with Gasteiger partial charge in [0, 0.05) is 30.4 Å². The van der Waals surface area contributed by atoms with Gasteiger partial charge in [0.25, 0.3) is 0 Å². The Balaban J connectivity index is 1.38. The highest BCUT2D eigenvalue weighted by molar-refractivity contribution is 5.91. The van der Waals surface area contributed by atoms with Crippen LogP contribution >= 0.6 is 0 Å². The molecule has 146 valence electrons. The van der Waals surface area contributed by atoms with Gasteiger partial charge in [-0.05, 0) is 43.2 Å². The molecule has 0 saturated carbocycles. The number of urea groups is 1. The van der Waals surface area contributed by atoms with Crippen molar-refractivity contribution < 1.29 is 19.1 Å². The predicted molar refractivity (Wildman–Crippen MR) is 106 cm³/mol. The molecule has 0 unspecified atom stereocenters. The summed E-state index contributed by atoms with van der Waals surface area (Å²) in [4.78, 5) is 28.4. The van der Waals surface area contributed by atoms with Gasteiger partial charge in [-0.3, -0.25) is 4.90 Å². The normalized spacial score (nSPS) is 17.0. The van der Waals surface area contributed by atoms with Gasteiger partial charge >= 0.3 is 12.1 Å². The maximum atomic E-state index is 12.5. The van der Waals surface area contributed by atoms with Gasteiger partial charge in [-0.1, -0.05) is 18.2 Å². The number of nitrogens with zero attached hydrogens (tertiary/aromatic N) is 2. The molecule has 7 heteroatoms. The van der Waals surface area contributed by atoms with Gasteiger partial charge in [0.1, 0.15) is 12.4 Å². The fraction of sp³-hybridized carbons (Fsp3) is 0.333. The summed E-state index contributed by atoms with van der Waals surface area (Å²) in [5.41, 5.74) is 2.66. The number of hydrogen-bond acceptors (Lipinski definition) is 4. The van der Waals surface area contributed by atoms with Crippen molar-refractivity contribution in [2.75, 3.05) is 30.4 Å². The summed E-state index contributed by atoms with van der Waals surface area (Å²) in [7, 11) is 1.61. The highest BCUT2D eigenvalue weighted by Gasteiger charge is 2.34. The van der Waals surface area contributed by atoms with Crippen LogP contribution in [-0.2, 0) is 11.3 Å². The molecule has 0 aromatic heterocycles. The SMILES string of the molecule is COc1ccc(NC(=O)N2CCC(N3C(=O)OCc4ccccc43)CC2)cc1. The Bertz CT molecular complexity index is 860. The number of anilines is 2. The summed E-state index contributed by atoms with van der Waals surface area (Å²) in [6, 6.07) is 14.9. The number of piperidine rings is 1. The largest absolute Gasteiger partial charge is 0.497 e. The maximum absolute atomic E-state index is 12.5. The highest BCUT2D eigenvalue weighted by atomic mass is 16.6. The molecule has 3 amide bonds. The van der Waals surface area contributed by atoms with Gasteiger partial charge in [0.2, 0.25) is 0 Å². The summed E-state index contributed by atoms with van der Waals surface area (Å²) in [5, 5.41) is 2.91. The maximum Gasteiger partial charge on any atom is 0.414 e. The minimum Gasteiger partial charge on any atom is -0.497 e. The van der Waals surface area contributed by atoms with Crippen molar-refractivity contribution in [3.63, 3.8) is 0 Å². The number of likely N-dealkylation sites (tertiary alicyclic amines) is 1. The molecule has 2 aliphatic heterocycles. The molecule has 1 N–H and O–H groups in total. The lowest BCUT2D eigenvalue weighted by Gasteiger charge is -2.40. The molecule has 4 rings (SSSR count). The number of carbonyl (C=O) groups excluding carboxylic acids is 2. The molecule has 0 aliphatic carbocycles. The topological polar surface area (TPSA) is 71.1 Å². The molecular formula is C21H23N3O4. The van der Waals surface area contributed by atoms with Gasteiger partial charge in [0.05, 0.1) is 12.8 Å². The average molecular weight is 381 g/mol. The molecule has 0 radical (unpaired) electrons. The Kier molecular flexibility index (Phi) is 5.06. The molecule has 0 bridgehead atoms. The van der Waals surface area contributed by atoms with E-state index in [1.165, 1.54) is 0 Å². The van der Waals surface area contributed by atoms with Crippen molar-refractivity contribution in [2.45, 2.75) is 25.5 Å². The Morgan fingerprint density at radius 2 is 1.82 bits per heavy atom. The van der Waals surface area contributed by atoms with E-state index < -0.39 is 0 Å². The molecule has 2 aromatic carbocycles. The number of benzene rings is 2. The zero-order chi connectivity index (χ0) is 19.5. The van der Waals surface area contributed by atoms with Crippen LogP contribution in [0, 0.1) is 0 Å². The van der Waals surface area contributed by atoms with Crippen molar-refractivity contribution in [1.82, 2.24) is 4.90 Å². The third kappa shape index (κ3) is 3.60. The molecule has 0 atom stereocenters. The zero-order valence-electron chi connectivity index (χ0n) is 15.8. The van der Waals surface area contributed by atoms with Crippen molar-refractivity contribution in [1.29, 1.82) is 0 Å². The smallest absolute Gasteiger partial charge is 0.414 e. The van der Waals surface area contributed by atoms with Gasteiger partial charge in [0.15, 0.2) is 0 Å². The molecule has 7 nitrogen and oxygen atoms in total. The highest BCUT2D eigenvalue weighted by Crippen LogP contribution is 2.31. The van der Waals surface area contributed by atoms with Crippen LogP contribution in [0.25, 0.3) is 0 Å². The first-order chi connectivity index (χ1) is 13.7. The lowest BCUT2D eigenvalue weighted by Crippen LogP contribution is -2.51. The first-order valence-electron chi connectivity index (χ1n) is 9.39. The van der Waals surface area contributed by atoms with Gasteiger partial charge in [-0.25, -0.2) is 9.59 Å². The van der Waals surface area contributed by atoms with E-state index in [0.717, 1.165) is 22.7 Å². The van der Waals surface area contributed by atoms with Crippen molar-refractivity contribution in [3.05, 3.63) is 54.1 Å². The fourth-order valence-corrected chi connectivity index (χ4v) is 3.73. The third-order valence-electron chi connectivity index (χ3n) is 5.26. The van der Waals surface area contributed by atoms with Gasteiger partial charge in [-0.15, -0.1) is 0 Å². The molecule has 1 fully saturated rings. The van der Waals surface area contributed by atoms with E-state index in [4.69, 9.17) is 9.47 Å². The standard InChI is InChI=1S/C21H23N3O4/c1-27-18-8-6-16(7-9-18)22-20(25)23-12-10-17(11-13-23)24-19-5-3-2-4-15(19)14-28-21(24)26/h2-9,17H,10-14H2,1H3,(H,22,25). The average Bonchev–Trinajstić information content (AvgIpc) is 2.74. The summed E-state index contributed by atoms with van der Waals surface area (Å²) >= 11 is 0. The number of cyclic esters (lactones) is 1. The number of ether oxygens (including phenoxy) is 2. The molecule has 2 aliphatic rings. The Labute approximate surface area is 163 Å². The van der Waals surface area contributed by atoms with E-state index in [9.17, 15) is 9.59 Å². The van der Waals surface area contributed by atoms with Crippen molar-refractivity contribution in [2.24, 2.45) is 0 Å². The van der Waals surface area contributed by atoms with Crippen LogP contribution in [0.5, 0.6) is 5.75 Å². The Hall–Kier alpha value is -3.22. The van der Waals surface area contributed by atoms with E-state index in [1.807, 2.05) is 36.4 Å². The Morgan fingerprint density at radius 1 is 1.11 bits per heavy atom. The predicted octanol–water partition coefficient (Wildman–Crippen LogP) is 3.85. The number of carbonyl (C=O) groups is 2. The van der Waals surface area contributed by atoms with E-state index in [0.29, 0.717) is 32.5 Å². The lowest BCUT2D eigenvalue weighted by molar-refractivity contribution is 0.134. The zero-order valence-corrected chi connectivity index (χ0v) is 15.8. The van der Waals surface area contributed by atoms with Gasteiger partial charge < -0.3 is 19.7 Å². The van der Waals surface area contributed by atoms with E-state index in [1.54, 1.807) is 29.0 Å². The fourth-order valence-electron chi connectivity index (χ4n) is 3.73. The van der Waals surface area contributed by atoms with Crippen LogP contribution in [0.2, 0.25) is 0 Å². The molecule has 0 spiro atoms. The van der Waals surface area contributed by atoms with Crippen LogP contribution in [0.15, 0.2) is 48.5 Å². The lowest BCUT2D eigenvalue weighted by atomic mass is 10.0. The number of nitrogens with one attached hydrogen (secondary N) is 1. The summed E-state index contributed by atoms with van der Waals surface area (Å²) in [5.74, 6) is 0.743. The van der Waals surface area contributed by atoms with Crippen LogP contribution in [0.3, 0.4) is 0 Å². The van der Waals surface area contributed by atoms with Crippen LogP contribution in [-0.4, -0.2) is 43.3 Å². The summed E-state index contributed by atoms with van der Waals surface area (Å²) < 4.78 is 10.5. The monoisotopic (exact) mass is 381 g/mol. The number of fused-ring (bicyclic) bond motifs is 1. The molecule has 2 aromatic rings. The molecule has 28 heavy (non-hydrogen) atoms. The minimum absolute atomic E-state index is 0.0268. The second kappa shape index (κ2) is 7.80. The minimum atomic E-state index is -0.306. The van der Waals surface area contributed by atoms with E-state index in [-0.39, 0.29) is 18.2 Å². The Morgan fingerprint density at radius 3 is 2.54 bits per heavy atom. The van der Waals surface area contributed by atoms with Crippen LogP contribution in [0.4, 0.5) is 21.0 Å². The second-order valence-electron chi connectivity index (χ2n) is 6.93. The van der Waals surface area contributed by atoms with Crippen LogP contribution in [0.1, 0.15) is 18.4 Å². The third-order valence-corrected chi connectivity index (χ3v) is 5.26. The van der Waals surface area contributed by atoms with Crippen molar-refractivity contribution in [3.8, 4) is 5.75 Å². The van der Waals surface area contributed by atoms with E-state index >= 15 is 0 Å². The number of para-hydroxylation sites is 1. The second-order valence-corrected chi connectivity index (χ2v) is 6.93. The summed E-state index contributed by atoms with van der Waals surface area (Å²) in [6.45, 7) is 1.48. The van der Waals surface area contributed by atoms with Crippen molar-refractivity contribution >= 4 is 23.5 Å². The molecular weight excluding hydrogens is 358 g/mol.